The van der Waals surface area contributed by atoms with Crippen molar-refractivity contribution in [3.8, 4) is 0 Å². The zero-order valence-corrected chi connectivity index (χ0v) is 61.1. The van der Waals surface area contributed by atoms with Crippen molar-refractivity contribution in [3.63, 3.8) is 0 Å². The van der Waals surface area contributed by atoms with Gasteiger partial charge in [0.15, 0.2) is 0 Å². The third-order valence-corrected chi connectivity index (χ3v) is 20.8. The topological polar surface area (TPSA) is 115 Å². The average molecular weight is 1270 g/mol. The molecule has 0 aromatic carbocycles. The van der Waals surface area contributed by atoms with E-state index in [1.807, 2.05) is 0 Å². The minimum atomic E-state index is -1.22. The molecule has 0 heterocycles. The van der Waals surface area contributed by atoms with E-state index in [1.54, 1.807) is 0 Å². The molecule has 4 N–H and O–H groups in total. The zero-order chi connectivity index (χ0) is 65.3. The molecule has 6 nitrogen and oxygen atoms in total. The predicted octanol–water partition coefficient (Wildman–Crippen LogP) is 28.5. The lowest BCUT2D eigenvalue weighted by molar-refractivity contribution is -0.132. The molecule has 534 valence electrons. The highest BCUT2D eigenvalue weighted by atomic mass is 16.4. The molecule has 0 aliphatic heterocycles. The van der Waals surface area contributed by atoms with E-state index < -0.39 is 11.9 Å². The molecule has 0 spiro atoms. The molecule has 0 aromatic heterocycles. The molecule has 5 rings (SSSR count). The molecule has 0 saturated heterocycles. The second kappa shape index (κ2) is 74.7. The van der Waals surface area contributed by atoms with E-state index in [4.69, 9.17) is 10.2 Å². The van der Waals surface area contributed by atoms with Gasteiger partial charge in [0.1, 0.15) is 0 Å². The lowest BCUT2D eigenvalue weighted by atomic mass is 9.79. The summed E-state index contributed by atoms with van der Waals surface area (Å²) < 4.78 is 0. The van der Waals surface area contributed by atoms with E-state index in [9.17, 15) is 19.8 Å². The van der Waals surface area contributed by atoms with Gasteiger partial charge in [-0.3, -0.25) is 0 Å². The van der Waals surface area contributed by atoms with E-state index in [0.717, 1.165) is 18.9 Å². The lowest BCUT2D eigenvalue weighted by Gasteiger charge is -2.30. The first kappa shape index (κ1) is 88.3. The van der Waals surface area contributed by atoms with Crippen LogP contribution in [0.25, 0.3) is 0 Å². The Bertz CT molecular complexity index is 1090. The number of carboxylic acids is 2. The Morgan fingerprint density at radius 1 is 0.244 bits per heavy atom. The second-order valence-electron chi connectivity index (χ2n) is 29.7. The number of aliphatic carboxylic acids is 2. The standard InChI is InChI=1S/C17H34O2.4C15H30.C7H8O4/c18-15-17(16-19)13-11-9-7-5-3-1-2-4-6-8-10-12-14-17;4*1-2-4-6-8-10-12-14-15-13-11-9-7-5-3-1;1-4(6(8)9)3-5(2)7(10)11/h18-19H,1-16H2;4*1-15H2;3H,1H2,2H3,(H,8,9)(H,10,11). The Morgan fingerprint density at radius 3 is 0.444 bits per heavy atom. The molecule has 0 amide bonds. The third-order valence-electron chi connectivity index (χ3n) is 20.8. The van der Waals surface area contributed by atoms with E-state index in [2.05, 4.69) is 6.58 Å². The first-order valence-electron chi connectivity index (χ1n) is 41.3. The Hall–Kier alpha value is -1.66. The van der Waals surface area contributed by atoms with Crippen LogP contribution in [0.1, 0.15) is 482 Å². The molecule has 5 fully saturated rings. The fraction of sp³-hybridized carbons (Fsp3) is 0.929. The van der Waals surface area contributed by atoms with Gasteiger partial charge >= 0.3 is 11.9 Å². The largest absolute Gasteiger partial charge is 0.478 e. The summed E-state index contributed by atoms with van der Waals surface area (Å²) in [6.07, 6.45) is 109. The van der Waals surface area contributed by atoms with Crippen LogP contribution in [0, 0.1) is 5.41 Å². The van der Waals surface area contributed by atoms with Gasteiger partial charge in [-0.15, -0.1) is 0 Å². The molecule has 5 aliphatic rings. The van der Waals surface area contributed by atoms with Gasteiger partial charge in [-0.25, -0.2) is 9.59 Å². The Morgan fingerprint density at radius 2 is 0.356 bits per heavy atom. The normalized spacial score (nSPS) is 22.5. The van der Waals surface area contributed by atoms with Crippen molar-refractivity contribution in [3.05, 3.63) is 23.8 Å². The Kier molecular flexibility index (Phi) is 73.4. The first-order valence-corrected chi connectivity index (χ1v) is 41.3. The molecule has 6 heteroatoms. The number of rotatable bonds is 5. The molecule has 90 heavy (non-hydrogen) atoms. The van der Waals surface area contributed by atoms with E-state index in [1.165, 1.54) is 469 Å². The molecular formula is C84H162O6. The highest BCUT2D eigenvalue weighted by Crippen LogP contribution is 2.32. The van der Waals surface area contributed by atoms with Gasteiger partial charge in [0.25, 0.3) is 0 Å². The van der Waals surface area contributed by atoms with Gasteiger partial charge in [0.2, 0.25) is 0 Å². The van der Waals surface area contributed by atoms with Crippen molar-refractivity contribution in [1.29, 1.82) is 0 Å². The number of carboxylic acid groups (broad SMARTS) is 2. The maximum atomic E-state index is 10.2. The molecule has 5 aliphatic carbocycles. The molecule has 0 bridgehead atoms. The van der Waals surface area contributed by atoms with Gasteiger partial charge in [-0.05, 0) is 25.8 Å². The van der Waals surface area contributed by atoms with E-state index in [-0.39, 0.29) is 29.8 Å². The SMILES string of the molecule is C1CCCCCCCCCCCCCC1.C1CCCCCCCCCCCCCC1.C1CCCCCCCCCCCCCC1.C1CCCCCCCCCCCCCC1.C=C(C=C(C)C(=O)O)C(=O)O.OCC1(CO)CCCCCCCCCCCCCC1. The summed E-state index contributed by atoms with van der Waals surface area (Å²) in [7, 11) is 0. The highest BCUT2D eigenvalue weighted by Gasteiger charge is 2.27. The third kappa shape index (κ3) is 69.2. The summed E-state index contributed by atoms with van der Waals surface area (Å²) in [6, 6.07) is 0. The van der Waals surface area contributed by atoms with Crippen LogP contribution in [-0.4, -0.2) is 45.6 Å². The highest BCUT2D eigenvalue weighted by molar-refractivity contribution is 5.93. The van der Waals surface area contributed by atoms with Crippen LogP contribution in [0.2, 0.25) is 0 Å². The van der Waals surface area contributed by atoms with Crippen LogP contribution in [0.4, 0.5) is 0 Å². The van der Waals surface area contributed by atoms with Crippen LogP contribution in [0.3, 0.4) is 0 Å². The summed E-state index contributed by atoms with van der Waals surface area (Å²) in [5.41, 5.74) is -0.470. The number of hydrogen-bond acceptors (Lipinski definition) is 4. The molecule has 0 aromatic rings. The number of carbonyl (C=O) groups is 2. The van der Waals surface area contributed by atoms with Crippen molar-refractivity contribution in [2.45, 2.75) is 482 Å². The molecular weight excluding hydrogens is 1100 g/mol. The summed E-state index contributed by atoms with van der Waals surface area (Å²) in [5.74, 6) is -2.36. The summed E-state index contributed by atoms with van der Waals surface area (Å²) in [6.45, 7) is 4.75. The average Bonchev–Trinajstić information content (AvgIpc) is 3.64. The predicted molar refractivity (Wildman–Crippen MR) is 396 cm³/mol. The van der Waals surface area contributed by atoms with Crippen LogP contribution in [-0.2, 0) is 9.59 Å². The van der Waals surface area contributed by atoms with Crippen molar-refractivity contribution in [2.75, 3.05) is 13.2 Å². The lowest BCUT2D eigenvalue weighted by Crippen LogP contribution is -2.29. The molecule has 5 saturated carbocycles. The summed E-state index contributed by atoms with van der Waals surface area (Å²) in [5, 5.41) is 35.8. The van der Waals surface area contributed by atoms with Crippen LogP contribution >= 0.6 is 0 Å². The fourth-order valence-electron chi connectivity index (χ4n) is 14.3. The van der Waals surface area contributed by atoms with Crippen molar-refractivity contribution in [2.24, 2.45) is 5.41 Å². The molecule has 0 radical (unpaired) electrons. The smallest absolute Gasteiger partial charge is 0.335 e. The van der Waals surface area contributed by atoms with E-state index >= 15 is 0 Å². The number of aliphatic hydroxyl groups is 2. The number of hydrogen-bond donors (Lipinski definition) is 4. The van der Waals surface area contributed by atoms with Gasteiger partial charge in [0, 0.05) is 11.0 Å². The molecule has 0 atom stereocenters. The summed E-state index contributed by atoms with van der Waals surface area (Å²) >= 11 is 0. The summed E-state index contributed by atoms with van der Waals surface area (Å²) in [4.78, 5) is 20.3. The molecule has 0 unspecified atom stereocenters. The minimum absolute atomic E-state index is 0.0441. The van der Waals surface area contributed by atoms with E-state index in [0.29, 0.717) is 0 Å². The maximum Gasteiger partial charge on any atom is 0.335 e. The fourth-order valence-corrected chi connectivity index (χ4v) is 14.3. The van der Waals surface area contributed by atoms with Gasteiger partial charge < -0.3 is 20.4 Å². The van der Waals surface area contributed by atoms with Gasteiger partial charge in [0.05, 0.1) is 18.8 Å². The van der Waals surface area contributed by atoms with Crippen molar-refractivity contribution in [1.82, 2.24) is 0 Å². The minimum Gasteiger partial charge on any atom is -0.478 e. The zero-order valence-electron chi connectivity index (χ0n) is 61.1. The second-order valence-corrected chi connectivity index (χ2v) is 29.7. The van der Waals surface area contributed by atoms with Crippen molar-refractivity contribution < 1.29 is 30.0 Å². The Balaban J connectivity index is 0.00000106. The van der Waals surface area contributed by atoms with Crippen LogP contribution in [0.15, 0.2) is 23.8 Å². The quantitative estimate of drug-likeness (QED) is 0.161. The van der Waals surface area contributed by atoms with Gasteiger partial charge in [-0.1, -0.05) is 469 Å². The van der Waals surface area contributed by atoms with Crippen LogP contribution < -0.4 is 0 Å². The van der Waals surface area contributed by atoms with Gasteiger partial charge in [-0.2, -0.15) is 0 Å². The van der Waals surface area contributed by atoms with Crippen molar-refractivity contribution >= 4 is 11.9 Å². The number of aliphatic hydroxyl groups excluding tert-OH is 2. The maximum absolute atomic E-state index is 10.2. The van der Waals surface area contributed by atoms with Crippen LogP contribution in [0.5, 0.6) is 0 Å². The Labute approximate surface area is 563 Å². The first-order chi connectivity index (χ1) is 44.3. The monoisotopic (exact) mass is 1270 g/mol.